The average Bonchev–Trinajstić information content (AvgIpc) is 3.18. The van der Waals surface area contributed by atoms with E-state index in [-0.39, 0.29) is 0 Å². The summed E-state index contributed by atoms with van der Waals surface area (Å²) in [5.41, 5.74) is 2.10. The van der Waals surface area contributed by atoms with Crippen LogP contribution in [0, 0.1) is 0 Å². The second kappa shape index (κ2) is 6.13. The quantitative estimate of drug-likeness (QED) is 0.911. The number of nitrogens with zero attached hydrogens (tertiary/aromatic N) is 4. The molecule has 5 nitrogen and oxygen atoms in total. The van der Waals surface area contributed by atoms with Crippen LogP contribution in [0.4, 0.5) is 5.82 Å². The van der Waals surface area contributed by atoms with Crippen molar-refractivity contribution in [2.75, 3.05) is 12.4 Å². The lowest BCUT2D eigenvalue weighted by Crippen LogP contribution is -2.08. The van der Waals surface area contributed by atoms with Crippen LogP contribution in [0.2, 0.25) is 0 Å². The molecule has 6 heteroatoms. The zero-order valence-electron chi connectivity index (χ0n) is 12.4. The molecule has 1 saturated carbocycles. The highest BCUT2D eigenvalue weighted by Gasteiger charge is 2.24. The topological polar surface area (TPSA) is 55.6 Å². The molecule has 1 aliphatic carbocycles. The van der Waals surface area contributed by atoms with E-state index in [0.29, 0.717) is 5.92 Å². The number of anilines is 1. The van der Waals surface area contributed by atoms with Gasteiger partial charge in [-0.2, -0.15) is 0 Å². The summed E-state index contributed by atoms with van der Waals surface area (Å²) in [6, 6.07) is 0. The van der Waals surface area contributed by atoms with Gasteiger partial charge in [0.25, 0.3) is 0 Å². The minimum Gasteiger partial charge on any atom is -0.372 e. The second-order valence-electron chi connectivity index (χ2n) is 5.39. The predicted octanol–water partition coefficient (Wildman–Crippen LogP) is 3.82. The van der Waals surface area contributed by atoms with Crippen LogP contribution < -0.4 is 5.32 Å². The monoisotopic (exact) mass is 349 g/mol. The maximum absolute atomic E-state index is 4.86. The van der Waals surface area contributed by atoms with Gasteiger partial charge in [-0.3, -0.25) is 0 Å². The zero-order chi connectivity index (χ0) is 14.8. The van der Waals surface area contributed by atoms with Crippen LogP contribution in [0.1, 0.15) is 44.2 Å². The summed E-state index contributed by atoms with van der Waals surface area (Å²) < 4.78 is 3.07. The number of aryl methyl sites for hydroxylation is 1. The number of halogens is 1. The summed E-state index contributed by atoms with van der Waals surface area (Å²) in [5, 5.41) is 3.17. The molecule has 2 aromatic heterocycles. The van der Waals surface area contributed by atoms with Crippen LogP contribution in [-0.4, -0.2) is 26.6 Å². The Morgan fingerprint density at radius 1 is 1.33 bits per heavy atom. The molecule has 1 aliphatic rings. The fraction of sp³-hybridized carbons (Fsp3) is 0.533. The lowest BCUT2D eigenvalue weighted by molar-refractivity contribution is 0.688. The Morgan fingerprint density at radius 2 is 2.10 bits per heavy atom. The zero-order valence-corrected chi connectivity index (χ0v) is 14.0. The molecule has 0 aromatic carbocycles. The van der Waals surface area contributed by atoms with Crippen molar-refractivity contribution in [1.29, 1.82) is 0 Å². The molecule has 21 heavy (non-hydrogen) atoms. The van der Waals surface area contributed by atoms with Crippen LogP contribution in [-0.2, 0) is 6.54 Å². The minimum absolute atomic E-state index is 0.534. The second-order valence-corrected chi connectivity index (χ2v) is 6.18. The Labute approximate surface area is 133 Å². The molecule has 1 fully saturated rings. The summed E-state index contributed by atoms with van der Waals surface area (Å²) in [7, 11) is 1.90. The van der Waals surface area contributed by atoms with E-state index in [1.807, 2.05) is 19.6 Å². The van der Waals surface area contributed by atoms with Crippen molar-refractivity contribution < 1.29 is 0 Å². The summed E-state index contributed by atoms with van der Waals surface area (Å²) in [6.45, 7) is 2.96. The Morgan fingerprint density at radius 3 is 2.76 bits per heavy atom. The molecule has 0 spiro atoms. The SMILES string of the molecule is CCn1cncc1-c1nc(NC)c(Br)c(C2CCCC2)n1. The van der Waals surface area contributed by atoms with Gasteiger partial charge < -0.3 is 9.88 Å². The third-order valence-electron chi connectivity index (χ3n) is 4.14. The van der Waals surface area contributed by atoms with Gasteiger partial charge in [-0.15, -0.1) is 0 Å². The first kappa shape index (κ1) is 14.5. The predicted molar refractivity (Wildman–Crippen MR) is 87.4 cm³/mol. The van der Waals surface area contributed by atoms with E-state index in [4.69, 9.17) is 4.98 Å². The number of nitrogens with one attached hydrogen (secondary N) is 1. The molecule has 0 bridgehead atoms. The lowest BCUT2D eigenvalue weighted by Gasteiger charge is -2.15. The van der Waals surface area contributed by atoms with Gasteiger partial charge >= 0.3 is 0 Å². The summed E-state index contributed by atoms with van der Waals surface area (Å²) in [4.78, 5) is 13.7. The highest BCUT2D eigenvalue weighted by Crippen LogP contribution is 2.39. The number of aromatic nitrogens is 4. The number of hydrogen-bond donors (Lipinski definition) is 1. The molecule has 0 atom stereocenters. The van der Waals surface area contributed by atoms with Gasteiger partial charge in [0.15, 0.2) is 5.82 Å². The Bertz CT molecular complexity index is 631. The van der Waals surface area contributed by atoms with Gasteiger partial charge in [0.1, 0.15) is 11.5 Å². The van der Waals surface area contributed by atoms with Gasteiger partial charge in [-0.1, -0.05) is 12.8 Å². The maximum Gasteiger partial charge on any atom is 0.180 e. The molecule has 0 amide bonds. The maximum atomic E-state index is 4.86. The fourth-order valence-electron chi connectivity index (χ4n) is 2.97. The van der Waals surface area contributed by atoms with Crippen LogP contribution >= 0.6 is 15.9 Å². The van der Waals surface area contributed by atoms with Crippen LogP contribution in [0.5, 0.6) is 0 Å². The van der Waals surface area contributed by atoms with E-state index >= 15 is 0 Å². The summed E-state index contributed by atoms with van der Waals surface area (Å²) in [6.07, 6.45) is 8.67. The van der Waals surface area contributed by atoms with Crippen LogP contribution in [0.25, 0.3) is 11.5 Å². The normalized spacial score (nSPS) is 15.6. The molecular formula is C15H20BrN5. The molecule has 0 unspecified atom stereocenters. The number of rotatable bonds is 4. The van der Waals surface area contributed by atoms with Crippen molar-refractivity contribution in [2.45, 2.75) is 45.1 Å². The van der Waals surface area contributed by atoms with E-state index in [0.717, 1.165) is 34.0 Å². The molecule has 3 rings (SSSR count). The fourth-order valence-corrected chi connectivity index (χ4v) is 3.67. The molecule has 2 heterocycles. The van der Waals surface area contributed by atoms with Crippen molar-refractivity contribution in [2.24, 2.45) is 0 Å². The third kappa shape index (κ3) is 2.69. The molecule has 0 saturated heterocycles. The Balaban J connectivity index is 2.11. The van der Waals surface area contributed by atoms with Crippen molar-refractivity contribution in [3.05, 3.63) is 22.7 Å². The van der Waals surface area contributed by atoms with Crippen LogP contribution in [0.3, 0.4) is 0 Å². The summed E-state index contributed by atoms with van der Waals surface area (Å²) >= 11 is 3.67. The Hall–Kier alpha value is -1.43. The standard InChI is InChI=1S/C15H20BrN5/c1-3-21-9-18-8-11(21)14-19-13(10-6-4-5-7-10)12(16)15(17-2)20-14/h8-10H,3-7H2,1-2H3,(H,17,19,20). The number of imidazole rings is 1. The lowest BCUT2D eigenvalue weighted by atomic mass is 10.0. The van der Waals surface area contributed by atoms with E-state index in [2.05, 4.69) is 42.7 Å². The van der Waals surface area contributed by atoms with E-state index < -0.39 is 0 Å². The average molecular weight is 350 g/mol. The molecule has 0 aliphatic heterocycles. The molecule has 112 valence electrons. The van der Waals surface area contributed by atoms with Gasteiger partial charge in [0.2, 0.25) is 0 Å². The van der Waals surface area contributed by atoms with Crippen molar-refractivity contribution in [1.82, 2.24) is 19.5 Å². The molecule has 0 radical (unpaired) electrons. The van der Waals surface area contributed by atoms with Gasteiger partial charge in [0, 0.05) is 19.5 Å². The third-order valence-corrected chi connectivity index (χ3v) is 4.92. The van der Waals surface area contributed by atoms with Gasteiger partial charge in [-0.25, -0.2) is 15.0 Å². The Kier molecular flexibility index (Phi) is 4.24. The van der Waals surface area contributed by atoms with Crippen molar-refractivity contribution in [3.8, 4) is 11.5 Å². The van der Waals surface area contributed by atoms with E-state index in [9.17, 15) is 0 Å². The number of hydrogen-bond acceptors (Lipinski definition) is 4. The smallest absolute Gasteiger partial charge is 0.180 e. The molecule has 1 N–H and O–H groups in total. The molecule has 2 aromatic rings. The van der Waals surface area contributed by atoms with Crippen molar-refractivity contribution >= 4 is 21.7 Å². The minimum atomic E-state index is 0.534. The van der Waals surface area contributed by atoms with Gasteiger partial charge in [-0.05, 0) is 35.7 Å². The first-order valence-electron chi connectivity index (χ1n) is 7.50. The largest absolute Gasteiger partial charge is 0.372 e. The van der Waals surface area contributed by atoms with Crippen LogP contribution in [0.15, 0.2) is 17.0 Å². The molecular weight excluding hydrogens is 330 g/mol. The first-order valence-corrected chi connectivity index (χ1v) is 8.29. The van der Waals surface area contributed by atoms with Gasteiger partial charge in [0.05, 0.1) is 22.7 Å². The van der Waals surface area contributed by atoms with E-state index in [1.165, 1.54) is 25.7 Å². The highest BCUT2D eigenvalue weighted by molar-refractivity contribution is 9.10. The first-order chi connectivity index (χ1) is 10.2. The van der Waals surface area contributed by atoms with Crippen molar-refractivity contribution in [3.63, 3.8) is 0 Å². The van der Waals surface area contributed by atoms with E-state index in [1.54, 1.807) is 0 Å². The summed E-state index contributed by atoms with van der Waals surface area (Å²) in [5.74, 6) is 2.14. The highest BCUT2D eigenvalue weighted by atomic mass is 79.9.